The molecule has 26 heavy (non-hydrogen) atoms. The van der Waals surface area contributed by atoms with Crippen molar-refractivity contribution in [2.45, 2.75) is 12.7 Å². The summed E-state index contributed by atoms with van der Waals surface area (Å²) in [4.78, 5) is 12.0. The number of aliphatic imine (C=N–C) groups is 1. The van der Waals surface area contributed by atoms with Gasteiger partial charge in [0.2, 0.25) is 0 Å². The maximum Gasteiger partial charge on any atom is 0.419 e. The first kappa shape index (κ1) is 21.9. The minimum Gasteiger partial charge on any atom is -0.368 e. The van der Waals surface area contributed by atoms with Crippen LogP contribution in [0.3, 0.4) is 0 Å². The molecule has 0 saturated heterocycles. The van der Waals surface area contributed by atoms with Gasteiger partial charge in [0, 0.05) is 32.5 Å². The van der Waals surface area contributed by atoms with Crippen LogP contribution in [0.1, 0.15) is 11.3 Å². The van der Waals surface area contributed by atoms with Gasteiger partial charge in [-0.1, -0.05) is 6.07 Å². The summed E-state index contributed by atoms with van der Waals surface area (Å²) in [7, 11) is 1.61. The van der Waals surface area contributed by atoms with Gasteiger partial charge in [-0.15, -0.1) is 24.0 Å². The summed E-state index contributed by atoms with van der Waals surface area (Å²) in [6.07, 6.45) is -1.43. The minimum atomic E-state index is -4.44. The van der Waals surface area contributed by atoms with Crippen LogP contribution in [-0.2, 0) is 12.7 Å². The Hall–Kier alpha value is -2.11. The van der Waals surface area contributed by atoms with Crippen LogP contribution in [0.25, 0.3) is 0 Å². The molecule has 3 N–H and O–H groups in total. The molecule has 142 valence electrons. The molecule has 0 aromatic carbocycles. The summed E-state index contributed by atoms with van der Waals surface area (Å²) in [5, 5.41) is 8.77. The highest BCUT2D eigenvalue weighted by Crippen LogP contribution is 2.33. The highest BCUT2D eigenvalue weighted by Gasteiger charge is 2.33. The fraction of sp³-hybridized carbons (Fsp3) is 0.312. The number of hydrogen-bond acceptors (Lipinski definition) is 4. The summed E-state index contributed by atoms with van der Waals surface area (Å²) in [5.74, 6) is 0.345. The number of nitrogens with one attached hydrogen (secondary N) is 3. The van der Waals surface area contributed by atoms with Gasteiger partial charge >= 0.3 is 6.18 Å². The van der Waals surface area contributed by atoms with Crippen molar-refractivity contribution in [3.8, 4) is 0 Å². The second kappa shape index (κ2) is 10.8. The van der Waals surface area contributed by atoms with E-state index in [1.807, 2.05) is 18.2 Å². The van der Waals surface area contributed by atoms with Crippen molar-refractivity contribution in [3.05, 3.63) is 54.0 Å². The first-order chi connectivity index (χ1) is 12.0. The molecule has 0 amide bonds. The lowest BCUT2D eigenvalue weighted by molar-refractivity contribution is -0.137. The Balaban J connectivity index is 0.00000338. The number of hydrogen-bond donors (Lipinski definition) is 3. The molecular weight excluding hydrogens is 460 g/mol. The molecule has 0 aliphatic rings. The van der Waals surface area contributed by atoms with E-state index < -0.39 is 11.7 Å². The van der Waals surface area contributed by atoms with Crippen LogP contribution in [0.2, 0.25) is 0 Å². The number of halogens is 4. The average Bonchev–Trinajstić information content (AvgIpc) is 2.61. The second-order valence-corrected chi connectivity index (χ2v) is 5.00. The standard InChI is InChI=1S/C16H19F3N6.HI/c1-20-15(25-11-12-5-2-3-7-21-12)24-10-9-23-14-13(16(17,18)19)6-4-8-22-14;/h2-8H,9-11H2,1H3,(H,22,23)(H2,20,24,25);1H. The molecule has 2 aromatic heterocycles. The zero-order valence-corrected chi connectivity index (χ0v) is 16.4. The molecule has 0 aliphatic heterocycles. The van der Waals surface area contributed by atoms with E-state index in [4.69, 9.17) is 0 Å². The van der Waals surface area contributed by atoms with Crippen molar-refractivity contribution in [1.82, 2.24) is 20.6 Å². The van der Waals surface area contributed by atoms with Crippen molar-refractivity contribution in [3.63, 3.8) is 0 Å². The molecule has 0 bridgehead atoms. The third-order valence-electron chi connectivity index (χ3n) is 3.21. The number of alkyl halides is 3. The smallest absolute Gasteiger partial charge is 0.368 e. The van der Waals surface area contributed by atoms with E-state index in [1.165, 1.54) is 12.3 Å². The predicted molar refractivity (Wildman–Crippen MR) is 106 cm³/mol. The molecule has 0 saturated carbocycles. The first-order valence-electron chi connectivity index (χ1n) is 7.61. The van der Waals surface area contributed by atoms with E-state index in [0.717, 1.165) is 11.8 Å². The molecule has 0 radical (unpaired) electrons. The van der Waals surface area contributed by atoms with E-state index in [1.54, 1.807) is 13.2 Å². The Morgan fingerprint density at radius 2 is 1.81 bits per heavy atom. The predicted octanol–water partition coefficient (Wildman–Crippen LogP) is 2.89. The van der Waals surface area contributed by atoms with Gasteiger partial charge in [-0.05, 0) is 24.3 Å². The zero-order chi connectivity index (χ0) is 18.1. The topological polar surface area (TPSA) is 74.2 Å². The highest BCUT2D eigenvalue weighted by molar-refractivity contribution is 14.0. The van der Waals surface area contributed by atoms with E-state index in [9.17, 15) is 13.2 Å². The van der Waals surface area contributed by atoms with Crippen molar-refractivity contribution >= 4 is 35.8 Å². The average molecular weight is 480 g/mol. The van der Waals surface area contributed by atoms with Gasteiger partial charge in [0.25, 0.3) is 0 Å². The highest BCUT2D eigenvalue weighted by atomic mass is 127. The Kier molecular flexibility index (Phi) is 9.10. The van der Waals surface area contributed by atoms with Gasteiger partial charge in [-0.2, -0.15) is 13.2 Å². The lowest BCUT2D eigenvalue weighted by atomic mass is 10.2. The maximum absolute atomic E-state index is 12.9. The Labute approximate surface area is 166 Å². The maximum atomic E-state index is 12.9. The third kappa shape index (κ3) is 7.02. The molecule has 2 aromatic rings. The molecule has 2 heterocycles. The summed E-state index contributed by atoms with van der Waals surface area (Å²) in [6.45, 7) is 1.12. The monoisotopic (exact) mass is 480 g/mol. The van der Waals surface area contributed by atoms with Crippen molar-refractivity contribution in [2.24, 2.45) is 4.99 Å². The lowest BCUT2D eigenvalue weighted by Gasteiger charge is -2.14. The fourth-order valence-corrected chi connectivity index (χ4v) is 2.03. The van der Waals surface area contributed by atoms with Crippen molar-refractivity contribution in [1.29, 1.82) is 0 Å². The number of anilines is 1. The van der Waals surface area contributed by atoms with Gasteiger partial charge in [0.05, 0.1) is 17.8 Å². The summed E-state index contributed by atoms with van der Waals surface area (Å²) >= 11 is 0. The second-order valence-electron chi connectivity index (χ2n) is 5.00. The quantitative estimate of drug-likeness (QED) is 0.257. The Morgan fingerprint density at radius 1 is 1.04 bits per heavy atom. The third-order valence-corrected chi connectivity index (χ3v) is 3.21. The first-order valence-corrected chi connectivity index (χ1v) is 7.61. The number of aromatic nitrogens is 2. The summed E-state index contributed by atoms with van der Waals surface area (Å²) in [5.41, 5.74) is 0.0690. The number of rotatable bonds is 6. The lowest BCUT2D eigenvalue weighted by Crippen LogP contribution is -2.39. The molecule has 0 spiro atoms. The van der Waals surface area contributed by atoms with Crippen molar-refractivity contribution in [2.75, 3.05) is 25.5 Å². The normalized spacial score (nSPS) is 11.5. The van der Waals surface area contributed by atoms with Crippen LogP contribution < -0.4 is 16.0 Å². The van der Waals surface area contributed by atoms with Crippen LogP contribution in [0.4, 0.5) is 19.0 Å². The molecular formula is C16H20F3IN6. The molecule has 0 aliphatic carbocycles. The molecule has 6 nitrogen and oxygen atoms in total. The molecule has 0 atom stereocenters. The van der Waals surface area contributed by atoms with Gasteiger partial charge in [-0.3, -0.25) is 9.98 Å². The van der Waals surface area contributed by atoms with Crippen LogP contribution >= 0.6 is 24.0 Å². The molecule has 0 fully saturated rings. The summed E-state index contributed by atoms with van der Waals surface area (Å²) in [6, 6.07) is 7.84. The molecule has 10 heteroatoms. The van der Waals surface area contributed by atoms with Crippen LogP contribution in [0.15, 0.2) is 47.7 Å². The molecule has 2 rings (SSSR count). The van der Waals surface area contributed by atoms with E-state index in [0.29, 0.717) is 19.0 Å². The number of guanidine groups is 1. The van der Waals surface area contributed by atoms with Crippen LogP contribution in [0.5, 0.6) is 0 Å². The largest absolute Gasteiger partial charge is 0.419 e. The van der Waals surface area contributed by atoms with E-state index >= 15 is 0 Å². The van der Waals surface area contributed by atoms with Gasteiger partial charge in [0.15, 0.2) is 5.96 Å². The SMILES string of the molecule is CN=C(NCCNc1ncccc1C(F)(F)F)NCc1ccccn1.I. The van der Waals surface area contributed by atoms with E-state index in [-0.39, 0.29) is 36.3 Å². The summed E-state index contributed by atoms with van der Waals surface area (Å²) < 4.78 is 38.6. The number of nitrogens with zero attached hydrogens (tertiary/aromatic N) is 3. The Morgan fingerprint density at radius 3 is 2.46 bits per heavy atom. The van der Waals surface area contributed by atoms with E-state index in [2.05, 4.69) is 30.9 Å². The zero-order valence-electron chi connectivity index (χ0n) is 14.0. The van der Waals surface area contributed by atoms with Gasteiger partial charge in [-0.25, -0.2) is 4.98 Å². The van der Waals surface area contributed by atoms with Crippen LogP contribution in [0, 0.1) is 0 Å². The van der Waals surface area contributed by atoms with Gasteiger partial charge in [0.1, 0.15) is 5.82 Å². The van der Waals surface area contributed by atoms with Gasteiger partial charge < -0.3 is 16.0 Å². The minimum absolute atomic E-state index is 0. The molecule has 0 unspecified atom stereocenters. The fourth-order valence-electron chi connectivity index (χ4n) is 2.03. The van der Waals surface area contributed by atoms with Crippen LogP contribution in [-0.4, -0.2) is 36.1 Å². The number of pyridine rings is 2. The Bertz CT molecular complexity index is 694. The van der Waals surface area contributed by atoms with Crippen molar-refractivity contribution < 1.29 is 13.2 Å².